The number of ether oxygens (including phenoxy) is 4. The van der Waals surface area contributed by atoms with Gasteiger partial charge in [0.2, 0.25) is 0 Å². The van der Waals surface area contributed by atoms with Crippen molar-refractivity contribution in [2.24, 2.45) is 17.8 Å². The zero-order chi connectivity index (χ0) is 67.6. The van der Waals surface area contributed by atoms with E-state index in [4.69, 9.17) is 18.9 Å². The average molecular weight is 1270 g/mol. The van der Waals surface area contributed by atoms with Crippen LogP contribution in [0.2, 0.25) is 0 Å². The van der Waals surface area contributed by atoms with Gasteiger partial charge in [0.05, 0.1) is 18.8 Å². The summed E-state index contributed by atoms with van der Waals surface area (Å²) in [6.07, 6.45) is 29.9. The molecule has 12 heteroatoms. The molecule has 3 aliphatic carbocycles. The Kier molecular flexibility index (Phi) is 32.1. The first kappa shape index (κ1) is 76.3. The maximum absolute atomic E-state index is 12.6. The number of aliphatic hydroxyl groups is 1. The number of hydrogen-bond donors (Lipinski definition) is 5. The van der Waals surface area contributed by atoms with Gasteiger partial charge in [-0.1, -0.05) is 145 Å². The number of aromatic hydroxyl groups is 4. The number of allylic oxidation sites excluding steroid dienone is 9. The Bertz CT molecular complexity index is 3000. The third-order valence-electron chi connectivity index (χ3n) is 19.0. The number of unbranched alkanes of at least 4 members (excludes halogenated alkanes) is 6. The second-order valence-electron chi connectivity index (χ2n) is 27.2. The first-order valence-corrected chi connectivity index (χ1v) is 35.1. The largest absolute Gasteiger partial charge is 0.507 e. The molecule has 3 unspecified atom stereocenters. The lowest BCUT2D eigenvalue weighted by Gasteiger charge is -2.32. The van der Waals surface area contributed by atoms with Crippen molar-refractivity contribution in [1.82, 2.24) is 0 Å². The van der Waals surface area contributed by atoms with Crippen molar-refractivity contribution >= 4 is 17.9 Å². The van der Waals surface area contributed by atoms with Crippen LogP contribution in [0.15, 0.2) is 108 Å². The highest BCUT2D eigenvalue weighted by molar-refractivity contribution is 5.75. The fourth-order valence-electron chi connectivity index (χ4n) is 13.3. The van der Waals surface area contributed by atoms with E-state index in [1.54, 1.807) is 0 Å². The fourth-order valence-corrected chi connectivity index (χ4v) is 13.3. The minimum absolute atomic E-state index is 0.0194. The number of cyclic esters (lactones) is 1. The summed E-state index contributed by atoms with van der Waals surface area (Å²) in [5, 5.41) is 53.0. The molecule has 2 heterocycles. The number of carbonyl (C=O) groups is 3. The lowest BCUT2D eigenvalue weighted by atomic mass is 9.73. The molecule has 9 atom stereocenters. The summed E-state index contributed by atoms with van der Waals surface area (Å²) in [5.74, 6) is 1.75. The Morgan fingerprint density at radius 1 is 0.533 bits per heavy atom. The number of rotatable bonds is 28. The van der Waals surface area contributed by atoms with Gasteiger partial charge in [0, 0.05) is 53.7 Å². The number of hydrogen-bond acceptors (Lipinski definition) is 12. The number of aryl methyl sites for hydroxylation is 3. The van der Waals surface area contributed by atoms with Crippen LogP contribution in [0.3, 0.4) is 0 Å². The van der Waals surface area contributed by atoms with Crippen molar-refractivity contribution in [3.63, 3.8) is 0 Å². The summed E-state index contributed by atoms with van der Waals surface area (Å²) >= 11 is 0. The molecule has 2 fully saturated rings. The monoisotopic (exact) mass is 1270 g/mol. The molecular formula is C80H116O12. The summed E-state index contributed by atoms with van der Waals surface area (Å²) in [6.45, 7) is 36.1. The summed E-state index contributed by atoms with van der Waals surface area (Å²) in [5.41, 5.74) is 12.2. The van der Waals surface area contributed by atoms with Gasteiger partial charge in [-0.3, -0.25) is 14.4 Å². The van der Waals surface area contributed by atoms with Crippen molar-refractivity contribution in [3.05, 3.63) is 141 Å². The second-order valence-corrected chi connectivity index (χ2v) is 27.2. The molecule has 3 aromatic carbocycles. The number of benzene rings is 3. The second kappa shape index (κ2) is 38.7. The maximum Gasteiger partial charge on any atom is 0.311 e. The molecule has 92 heavy (non-hydrogen) atoms. The Labute approximate surface area is 553 Å². The smallest absolute Gasteiger partial charge is 0.311 e. The lowest BCUT2D eigenvalue weighted by Crippen LogP contribution is -2.19. The molecule has 8 rings (SSSR count). The minimum Gasteiger partial charge on any atom is -0.507 e. The van der Waals surface area contributed by atoms with Gasteiger partial charge in [0.25, 0.3) is 0 Å². The highest BCUT2D eigenvalue weighted by atomic mass is 16.6. The molecule has 5 aliphatic rings. The molecule has 0 amide bonds. The molecule has 2 aliphatic heterocycles. The third kappa shape index (κ3) is 24.2. The molecule has 0 radical (unpaired) electrons. The van der Waals surface area contributed by atoms with Crippen LogP contribution in [0.1, 0.15) is 275 Å². The SMILES string of the molecule is C=C(C)[C@@H]1CCC(C)=C[C@H]1c1c(O)cc(CCCCC)cc1O.C=C(C)[C@@H]1CCC(C)=C[C@H]1c1c(O)cc(CCCCC)cc1OC(=O)CCC(O)CC.C=C(C)[C@@H]1CCC(C)=C[C@H]1c1c(O)cc(CCCCC)cc1OC(=O)CCC1CO1.CCC1CCC(=O)O1. The van der Waals surface area contributed by atoms with E-state index in [1.807, 2.05) is 71.0 Å². The zero-order valence-electron chi connectivity index (χ0n) is 58.2. The predicted octanol–water partition coefficient (Wildman–Crippen LogP) is 19.8. The molecule has 0 bridgehead atoms. The molecule has 0 saturated carbocycles. The van der Waals surface area contributed by atoms with Crippen LogP contribution in [-0.2, 0) is 43.1 Å². The van der Waals surface area contributed by atoms with Crippen LogP contribution in [0.4, 0.5) is 0 Å². The highest BCUT2D eigenvalue weighted by Crippen LogP contribution is 2.50. The molecule has 3 aromatic rings. The number of aliphatic hydroxyl groups excluding tert-OH is 1. The van der Waals surface area contributed by atoms with E-state index >= 15 is 0 Å². The Hall–Kier alpha value is -6.37. The molecule has 508 valence electrons. The summed E-state index contributed by atoms with van der Waals surface area (Å²) in [7, 11) is 0. The Balaban J connectivity index is 0.000000237. The van der Waals surface area contributed by atoms with Gasteiger partial charge in [-0.05, 0) is 222 Å². The normalized spacial score (nSPS) is 21.8. The molecule has 5 N–H and O–H groups in total. The van der Waals surface area contributed by atoms with Crippen molar-refractivity contribution in [2.45, 2.75) is 279 Å². The van der Waals surface area contributed by atoms with Crippen molar-refractivity contribution in [3.8, 4) is 34.5 Å². The van der Waals surface area contributed by atoms with Gasteiger partial charge < -0.3 is 44.5 Å². The number of carbonyl (C=O) groups excluding carboxylic acids is 3. The van der Waals surface area contributed by atoms with Gasteiger partial charge in [0.1, 0.15) is 40.6 Å². The third-order valence-corrected chi connectivity index (χ3v) is 19.0. The molecule has 12 nitrogen and oxygen atoms in total. The molecule has 0 aromatic heterocycles. The van der Waals surface area contributed by atoms with Crippen LogP contribution >= 0.6 is 0 Å². The van der Waals surface area contributed by atoms with Crippen LogP contribution in [0.25, 0.3) is 0 Å². The van der Waals surface area contributed by atoms with Crippen molar-refractivity contribution < 1.29 is 58.9 Å². The van der Waals surface area contributed by atoms with Crippen LogP contribution in [-0.4, -0.2) is 68.4 Å². The van der Waals surface area contributed by atoms with Crippen molar-refractivity contribution in [1.29, 1.82) is 0 Å². The van der Waals surface area contributed by atoms with E-state index < -0.39 is 6.10 Å². The number of epoxide rings is 1. The fraction of sp³-hybridized carbons (Fsp3) is 0.588. The standard InChI is InChI=1S/C27H40O4.C26H36O4.C21H30O2.C6H10O2/c1-6-8-9-10-20-16-24(29)27(23-15-19(5)11-13-22(23)18(3)4)25(17-20)31-26(30)14-12-21(28)7-2;1-5-6-7-8-19-14-23(27)26(22-13-18(4)9-11-21(22)17(2)3)24(15-19)30-25(28)12-10-20-16-29-20;1-5-6-7-8-16-12-19(22)21(20(23)13-16)18-11-15(4)9-10-17(18)14(2)3;1-2-5-3-4-6(7)8-5/h15-17,21-23,28-29H,3,6-14H2,1-2,4-5H3;13-15,20-22,27H,2,5-12,16H2,1,3-4H3;11-13,17-18,22-23H,2,5-10H2,1,3-4H3;5H,2-4H2,1H3/t21?,22-,23+;20?,21-,22+;17-,18+;/m000./s1. The van der Waals surface area contributed by atoms with E-state index in [-0.39, 0.29) is 95.0 Å². The Morgan fingerprint density at radius 2 is 0.902 bits per heavy atom. The predicted molar refractivity (Wildman–Crippen MR) is 373 cm³/mol. The molecule has 0 spiro atoms. The summed E-state index contributed by atoms with van der Waals surface area (Å²) in [4.78, 5) is 35.5. The van der Waals surface area contributed by atoms with E-state index in [0.29, 0.717) is 54.7 Å². The maximum atomic E-state index is 12.6. The number of phenols is 4. The van der Waals surface area contributed by atoms with Crippen molar-refractivity contribution in [2.75, 3.05) is 6.61 Å². The first-order chi connectivity index (χ1) is 43.9. The van der Waals surface area contributed by atoms with Gasteiger partial charge in [0.15, 0.2) is 0 Å². The lowest BCUT2D eigenvalue weighted by molar-refractivity contribution is -0.141. The van der Waals surface area contributed by atoms with Gasteiger partial charge >= 0.3 is 17.9 Å². The Morgan fingerprint density at radius 3 is 1.23 bits per heavy atom. The topological polar surface area (TPSA) is 193 Å². The average Bonchev–Trinajstić information content (AvgIpc) is 1.06. The highest BCUT2D eigenvalue weighted by Gasteiger charge is 2.35. The summed E-state index contributed by atoms with van der Waals surface area (Å²) < 4.78 is 21.8. The van der Waals surface area contributed by atoms with Crippen LogP contribution in [0.5, 0.6) is 34.5 Å². The minimum atomic E-state index is -0.502. The summed E-state index contributed by atoms with van der Waals surface area (Å²) in [6, 6.07) is 11.2. The molecule has 2 saturated heterocycles. The number of phenolic OH excluding ortho intramolecular Hbond substituents is 4. The zero-order valence-corrected chi connectivity index (χ0v) is 58.2. The van der Waals surface area contributed by atoms with Gasteiger partial charge in [-0.25, -0.2) is 0 Å². The van der Waals surface area contributed by atoms with Crippen LogP contribution < -0.4 is 9.47 Å². The van der Waals surface area contributed by atoms with Gasteiger partial charge in [-0.2, -0.15) is 0 Å². The van der Waals surface area contributed by atoms with Crippen LogP contribution in [0, 0.1) is 17.8 Å². The molecular weight excluding hydrogens is 1150 g/mol. The van der Waals surface area contributed by atoms with E-state index in [1.165, 1.54) is 29.6 Å². The van der Waals surface area contributed by atoms with E-state index in [2.05, 4.69) is 79.5 Å². The first-order valence-electron chi connectivity index (χ1n) is 35.1. The number of esters is 3. The van der Waals surface area contributed by atoms with E-state index in [9.17, 15) is 39.9 Å². The quantitative estimate of drug-likeness (QED) is 0.0152. The van der Waals surface area contributed by atoms with E-state index in [0.717, 1.165) is 161 Å². The van der Waals surface area contributed by atoms with Gasteiger partial charge in [-0.15, -0.1) is 0 Å².